The van der Waals surface area contributed by atoms with E-state index in [1.54, 1.807) is 0 Å². The first-order chi connectivity index (χ1) is 33.0. The van der Waals surface area contributed by atoms with E-state index in [1.807, 2.05) is 6.08 Å². The standard InChI is InChI=1S/C61H102O6/c1-4-7-10-13-16-19-22-25-28-29-30-31-34-36-39-42-45-48-51-54-60(63)66-57-58(67-61(64)55-52-49-46-43-40-37-33-27-24-21-18-15-12-9-6-3)56-65-59(62)53-50-47-44-41-38-35-32-26-23-20-17-14-11-8-5-2/h16-17,19-20,25-26,28,30-32,36,38-39,41,45,48,58H,4-15,18,21-24,27,29,33-35,37,40,42-44,46-47,49-57H2,1-3H3/b19-16-,20-17-,28-25-,31-30-,32-26-,39-36-,41-38-,48-45-/t58-/m0/s1. The number of carbonyl (C=O) groups is 3. The van der Waals surface area contributed by atoms with Crippen molar-refractivity contribution in [3.05, 3.63) is 97.2 Å². The van der Waals surface area contributed by atoms with Crippen LogP contribution in [0.2, 0.25) is 0 Å². The van der Waals surface area contributed by atoms with Gasteiger partial charge >= 0.3 is 17.9 Å². The van der Waals surface area contributed by atoms with Gasteiger partial charge in [0.05, 0.1) is 0 Å². The molecule has 0 heterocycles. The van der Waals surface area contributed by atoms with E-state index in [-0.39, 0.29) is 37.5 Å². The number of esters is 3. The Kier molecular flexibility index (Phi) is 51.9. The van der Waals surface area contributed by atoms with E-state index in [4.69, 9.17) is 14.2 Å². The summed E-state index contributed by atoms with van der Waals surface area (Å²) in [6.45, 7) is 6.49. The van der Waals surface area contributed by atoms with Gasteiger partial charge in [0, 0.05) is 19.3 Å². The van der Waals surface area contributed by atoms with Gasteiger partial charge in [0.15, 0.2) is 6.10 Å². The second-order valence-electron chi connectivity index (χ2n) is 18.1. The summed E-state index contributed by atoms with van der Waals surface area (Å²) in [7, 11) is 0. The van der Waals surface area contributed by atoms with Crippen LogP contribution in [0.3, 0.4) is 0 Å². The summed E-state index contributed by atoms with van der Waals surface area (Å²) < 4.78 is 16.7. The Labute approximate surface area is 413 Å². The zero-order valence-electron chi connectivity index (χ0n) is 43.6. The molecule has 67 heavy (non-hydrogen) atoms. The second kappa shape index (κ2) is 54.9. The first kappa shape index (κ1) is 63.3. The highest BCUT2D eigenvalue weighted by Crippen LogP contribution is 2.15. The summed E-state index contributed by atoms with van der Waals surface area (Å²) in [5, 5.41) is 0. The maximum absolute atomic E-state index is 12.8. The summed E-state index contributed by atoms with van der Waals surface area (Å²) in [5.74, 6) is -1.04. The highest BCUT2D eigenvalue weighted by atomic mass is 16.6. The van der Waals surface area contributed by atoms with Crippen LogP contribution in [0.4, 0.5) is 0 Å². The van der Waals surface area contributed by atoms with Gasteiger partial charge in [-0.15, -0.1) is 0 Å². The average Bonchev–Trinajstić information content (AvgIpc) is 3.33. The molecule has 0 aromatic heterocycles. The largest absolute Gasteiger partial charge is 0.462 e. The summed E-state index contributed by atoms with van der Waals surface area (Å²) in [4.78, 5) is 38.0. The van der Waals surface area contributed by atoms with Crippen molar-refractivity contribution in [2.24, 2.45) is 0 Å². The molecular formula is C61H102O6. The van der Waals surface area contributed by atoms with Crippen LogP contribution in [0.25, 0.3) is 0 Å². The third kappa shape index (κ3) is 53.2. The van der Waals surface area contributed by atoms with Gasteiger partial charge < -0.3 is 14.2 Å². The number of hydrogen-bond donors (Lipinski definition) is 0. The van der Waals surface area contributed by atoms with Gasteiger partial charge in [-0.2, -0.15) is 0 Å². The van der Waals surface area contributed by atoms with Crippen molar-refractivity contribution in [3.8, 4) is 0 Å². The molecule has 0 aliphatic carbocycles. The van der Waals surface area contributed by atoms with Gasteiger partial charge in [-0.25, -0.2) is 0 Å². The Morgan fingerprint density at radius 1 is 0.299 bits per heavy atom. The van der Waals surface area contributed by atoms with Crippen molar-refractivity contribution in [2.45, 2.75) is 258 Å². The minimum Gasteiger partial charge on any atom is -0.462 e. The van der Waals surface area contributed by atoms with Crippen molar-refractivity contribution < 1.29 is 28.6 Å². The average molecular weight is 931 g/mol. The normalized spacial score (nSPS) is 12.8. The molecule has 0 radical (unpaired) electrons. The molecule has 0 unspecified atom stereocenters. The predicted molar refractivity (Wildman–Crippen MR) is 288 cm³/mol. The Morgan fingerprint density at radius 3 is 0.955 bits per heavy atom. The molecular weight excluding hydrogens is 829 g/mol. The highest BCUT2D eigenvalue weighted by Gasteiger charge is 2.19. The lowest BCUT2D eigenvalue weighted by atomic mass is 10.0. The van der Waals surface area contributed by atoms with Gasteiger partial charge in [0.2, 0.25) is 0 Å². The van der Waals surface area contributed by atoms with Crippen LogP contribution in [-0.4, -0.2) is 37.2 Å². The van der Waals surface area contributed by atoms with Gasteiger partial charge in [0.1, 0.15) is 13.2 Å². The molecule has 382 valence electrons. The first-order valence-corrected chi connectivity index (χ1v) is 27.7. The molecule has 0 aliphatic rings. The monoisotopic (exact) mass is 931 g/mol. The van der Waals surface area contributed by atoms with E-state index < -0.39 is 6.10 Å². The lowest BCUT2D eigenvalue weighted by Gasteiger charge is -2.18. The van der Waals surface area contributed by atoms with Gasteiger partial charge in [-0.1, -0.05) is 234 Å². The van der Waals surface area contributed by atoms with Crippen LogP contribution < -0.4 is 0 Å². The smallest absolute Gasteiger partial charge is 0.306 e. The lowest BCUT2D eigenvalue weighted by molar-refractivity contribution is -0.166. The molecule has 0 saturated carbocycles. The van der Waals surface area contributed by atoms with Crippen LogP contribution in [-0.2, 0) is 28.6 Å². The number of ether oxygens (including phenoxy) is 3. The Hall–Kier alpha value is -3.67. The molecule has 1 atom stereocenters. The van der Waals surface area contributed by atoms with Crippen LogP contribution in [0.15, 0.2) is 97.2 Å². The molecule has 0 saturated heterocycles. The van der Waals surface area contributed by atoms with Crippen LogP contribution >= 0.6 is 0 Å². The molecule has 0 amide bonds. The summed E-state index contributed by atoms with van der Waals surface area (Å²) in [5.41, 5.74) is 0. The summed E-state index contributed by atoms with van der Waals surface area (Å²) in [6, 6.07) is 0. The highest BCUT2D eigenvalue weighted by molar-refractivity contribution is 5.71. The van der Waals surface area contributed by atoms with E-state index in [0.717, 1.165) is 77.0 Å². The van der Waals surface area contributed by atoms with Gasteiger partial charge in [-0.3, -0.25) is 14.4 Å². The predicted octanol–water partition coefficient (Wildman–Crippen LogP) is 18.5. The molecule has 0 aromatic rings. The van der Waals surface area contributed by atoms with Crippen molar-refractivity contribution in [1.29, 1.82) is 0 Å². The number of carbonyl (C=O) groups excluding carboxylic acids is 3. The van der Waals surface area contributed by atoms with E-state index in [2.05, 4.69) is 112 Å². The SMILES string of the molecule is CCCCC/C=C\C/C=C\C/C=C\C/C=C\C/C=C\CCC(=O)OC[C@H](COC(=O)CCCC/C=C\C/C=C\C/C=C\CCCCC)OC(=O)CCCCCCCCCCCCCCCCC. The fourth-order valence-corrected chi connectivity index (χ4v) is 7.37. The fourth-order valence-electron chi connectivity index (χ4n) is 7.37. The maximum Gasteiger partial charge on any atom is 0.306 e. The van der Waals surface area contributed by atoms with Crippen LogP contribution in [0.1, 0.15) is 252 Å². The van der Waals surface area contributed by atoms with Crippen molar-refractivity contribution in [2.75, 3.05) is 13.2 Å². The molecule has 0 spiro atoms. The van der Waals surface area contributed by atoms with Gasteiger partial charge in [-0.05, 0) is 96.3 Å². The van der Waals surface area contributed by atoms with Gasteiger partial charge in [0.25, 0.3) is 0 Å². The topological polar surface area (TPSA) is 78.9 Å². The summed E-state index contributed by atoms with van der Waals surface area (Å²) in [6.07, 6.45) is 72.6. The minimum atomic E-state index is -0.822. The van der Waals surface area contributed by atoms with E-state index in [1.165, 1.54) is 128 Å². The van der Waals surface area contributed by atoms with E-state index in [0.29, 0.717) is 19.3 Å². The number of allylic oxidation sites excluding steroid dienone is 16. The maximum atomic E-state index is 12.8. The minimum absolute atomic E-state index is 0.119. The second-order valence-corrected chi connectivity index (χ2v) is 18.1. The van der Waals surface area contributed by atoms with Crippen molar-refractivity contribution in [1.82, 2.24) is 0 Å². The zero-order chi connectivity index (χ0) is 48.6. The number of hydrogen-bond acceptors (Lipinski definition) is 6. The fraction of sp³-hybridized carbons (Fsp3) is 0.689. The summed E-state index contributed by atoms with van der Waals surface area (Å²) >= 11 is 0. The molecule has 0 N–H and O–H groups in total. The van der Waals surface area contributed by atoms with Crippen molar-refractivity contribution >= 4 is 17.9 Å². The quantitative estimate of drug-likeness (QED) is 0.0262. The molecule has 0 aromatic carbocycles. The van der Waals surface area contributed by atoms with E-state index >= 15 is 0 Å². The molecule has 0 rings (SSSR count). The molecule has 0 fully saturated rings. The molecule has 6 nitrogen and oxygen atoms in total. The number of rotatable bonds is 49. The Bertz CT molecular complexity index is 1350. The van der Waals surface area contributed by atoms with E-state index in [9.17, 15) is 14.4 Å². The van der Waals surface area contributed by atoms with Crippen LogP contribution in [0, 0.1) is 0 Å². The number of unbranched alkanes of at least 4 members (excludes halogenated alkanes) is 22. The Morgan fingerprint density at radius 2 is 0.567 bits per heavy atom. The molecule has 0 bridgehead atoms. The third-order valence-corrected chi connectivity index (χ3v) is 11.6. The molecule has 0 aliphatic heterocycles. The third-order valence-electron chi connectivity index (χ3n) is 11.6. The van der Waals surface area contributed by atoms with Crippen molar-refractivity contribution in [3.63, 3.8) is 0 Å². The lowest BCUT2D eigenvalue weighted by Crippen LogP contribution is -2.30. The molecule has 6 heteroatoms. The van der Waals surface area contributed by atoms with Crippen LogP contribution in [0.5, 0.6) is 0 Å². The first-order valence-electron chi connectivity index (χ1n) is 27.7. The zero-order valence-corrected chi connectivity index (χ0v) is 43.6. The Balaban J connectivity index is 4.55.